The van der Waals surface area contributed by atoms with Crippen LogP contribution in [0.2, 0.25) is 0 Å². The standard InChI is InChI=1S/C23H33N5O5S/c1-12(2)8-16(24)21(30)27-18(9-14-10-25-17-7-5-4-6-15(14)17)22(31)26-13(3)20(29)28-19(11-34)23(32)33/h4-7,10,12-13,16,18-19,25,34H,8-9,11,24H2,1-3H3,(H,26,31)(H,27,30)(H,28,29)(H,32,33). The first-order valence-corrected chi connectivity index (χ1v) is 11.7. The van der Waals surface area contributed by atoms with Crippen molar-refractivity contribution in [2.45, 2.75) is 57.8 Å². The molecule has 186 valence electrons. The lowest BCUT2D eigenvalue weighted by atomic mass is 10.0. The van der Waals surface area contributed by atoms with Crippen molar-refractivity contribution in [1.29, 1.82) is 0 Å². The summed E-state index contributed by atoms with van der Waals surface area (Å²) in [7, 11) is 0. The maximum absolute atomic E-state index is 13.1. The van der Waals surface area contributed by atoms with E-state index in [1.165, 1.54) is 6.92 Å². The topological polar surface area (TPSA) is 166 Å². The fourth-order valence-corrected chi connectivity index (χ4v) is 3.73. The Morgan fingerprint density at radius 3 is 2.26 bits per heavy atom. The maximum atomic E-state index is 13.1. The van der Waals surface area contributed by atoms with Crippen LogP contribution >= 0.6 is 12.6 Å². The molecule has 0 fully saturated rings. The molecular weight excluding hydrogens is 458 g/mol. The smallest absolute Gasteiger partial charge is 0.327 e. The van der Waals surface area contributed by atoms with Crippen LogP contribution < -0.4 is 21.7 Å². The summed E-state index contributed by atoms with van der Waals surface area (Å²) < 4.78 is 0. The number of carbonyl (C=O) groups is 4. The molecule has 0 bridgehead atoms. The number of nitrogens with two attached hydrogens (primary N) is 1. The van der Waals surface area contributed by atoms with E-state index in [-0.39, 0.29) is 18.1 Å². The number of amides is 3. The Kier molecular flexibility index (Phi) is 9.94. The number of carbonyl (C=O) groups excluding carboxylic acids is 3. The number of hydrogen-bond acceptors (Lipinski definition) is 6. The van der Waals surface area contributed by atoms with Crippen molar-refractivity contribution in [3.63, 3.8) is 0 Å². The molecule has 34 heavy (non-hydrogen) atoms. The van der Waals surface area contributed by atoms with Gasteiger partial charge in [-0.3, -0.25) is 14.4 Å². The van der Waals surface area contributed by atoms with Crippen LogP contribution in [0.3, 0.4) is 0 Å². The fourth-order valence-electron chi connectivity index (χ4n) is 3.49. The van der Waals surface area contributed by atoms with E-state index >= 15 is 0 Å². The van der Waals surface area contributed by atoms with E-state index in [0.717, 1.165) is 16.5 Å². The van der Waals surface area contributed by atoms with E-state index in [0.29, 0.717) is 6.42 Å². The van der Waals surface area contributed by atoms with Gasteiger partial charge in [-0.2, -0.15) is 12.6 Å². The second-order valence-electron chi connectivity index (χ2n) is 8.67. The minimum absolute atomic E-state index is 0.102. The summed E-state index contributed by atoms with van der Waals surface area (Å²) in [5.74, 6) is -2.87. The first-order chi connectivity index (χ1) is 16.0. The summed E-state index contributed by atoms with van der Waals surface area (Å²) >= 11 is 3.91. The Balaban J connectivity index is 2.18. The molecule has 0 aliphatic heterocycles. The predicted octanol–water partition coefficient (Wildman–Crippen LogP) is 0.573. The monoisotopic (exact) mass is 491 g/mol. The van der Waals surface area contributed by atoms with Gasteiger partial charge < -0.3 is 31.8 Å². The lowest BCUT2D eigenvalue weighted by Gasteiger charge is -2.23. The number of carboxylic acids is 1. The first kappa shape index (κ1) is 27.2. The van der Waals surface area contributed by atoms with Crippen molar-refractivity contribution in [3.05, 3.63) is 36.0 Å². The maximum Gasteiger partial charge on any atom is 0.327 e. The highest BCUT2D eigenvalue weighted by molar-refractivity contribution is 7.80. The molecule has 10 nitrogen and oxygen atoms in total. The van der Waals surface area contributed by atoms with Gasteiger partial charge in [0.2, 0.25) is 17.7 Å². The van der Waals surface area contributed by atoms with Crippen molar-refractivity contribution in [3.8, 4) is 0 Å². The van der Waals surface area contributed by atoms with Gasteiger partial charge in [-0.15, -0.1) is 0 Å². The molecule has 0 spiro atoms. The summed E-state index contributed by atoms with van der Waals surface area (Å²) in [6.45, 7) is 5.32. The highest BCUT2D eigenvalue weighted by atomic mass is 32.1. The normalized spacial score (nSPS) is 14.8. The fraction of sp³-hybridized carbons (Fsp3) is 0.478. The molecule has 2 aromatic rings. The lowest BCUT2D eigenvalue weighted by Crippen LogP contribution is -2.57. The van der Waals surface area contributed by atoms with Crippen molar-refractivity contribution in [2.24, 2.45) is 11.7 Å². The van der Waals surface area contributed by atoms with Gasteiger partial charge in [0.15, 0.2) is 0 Å². The third-order valence-corrected chi connectivity index (χ3v) is 5.71. The zero-order valence-electron chi connectivity index (χ0n) is 19.5. The van der Waals surface area contributed by atoms with Crippen molar-refractivity contribution >= 4 is 47.2 Å². The molecule has 1 heterocycles. The molecule has 1 aromatic carbocycles. The number of benzene rings is 1. The van der Waals surface area contributed by atoms with Gasteiger partial charge in [0.05, 0.1) is 6.04 Å². The second-order valence-corrected chi connectivity index (χ2v) is 9.04. The Morgan fingerprint density at radius 1 is 1.00 bits per heavy atom. The van der Waals surface area contributed by atoms with Crippen molar-refractivity contribution < 1.29 is 24.3 Å². The summed E-state index contributed by atoms with van der Waals surface area (Å²) in [6, 6.07) is 3.55. The van der Waals surface area contributed by atoms with E-state index < -0.39 is 47.9 Å². The highest BCUT2D eigenvalue weighted by Gasteiger charge is 2.29. The van der Waals surface area contributed by atoms with Gasteiger partial charge in [0, 0.05) is 29.3 Å². The van der Waals surface area contributed by atoms with Crippen LogP contribution in [-0.4, -0.2) is 63.7 Å². The van der Waals surface area contributed by atoms with E-state index in [2.05, 4.69) is 33.6 Å². The molecule has 3 amide bonds. The van der Waals surface area contributed by atoms with Crippen LogP contribution in [0.4, 0.5) is 0 Å². The largest absolute Gasteiger partial charge is 0.480 e. The molecule has 7 N–H and O–H groups in total. The van der Waals surface area contributed by atoms with Gasteiger partial charge in [0.25, 0.3) is 0 Å². The molecule has 2 rings (SSSR count). The van der Waals surface area contributed by atoms with Crippen LogP contribution in [0.5, 0.6) is 0 Å². The van der Waals surface area contributed by atoms with Crippen LogP contribution in [0.25, 0.3) is 10.9 Å². The number of H-pyrrole nitrogens is 1. The number of hydrogen-bond donors (Lipinski definition) is 7. The number of para-hydroxylation sites is 1. The average molecular weight is 492 g/mol. The third kappa shape index (κ3) is 7.49. The Labute approximate surface area is 203 Å². The summed E-state index contributed by atoms with van der Waals surface area (Å²) in [5, 5.41) is 17.6. The van der Waals surface area contributed by atoms with Gasteiger partial charge in [-0.05, 0) is 30.9 Å². The minimum Gasteiger partial charge on any atom is -0.480 e. The summed E-state index contributed by atoms with van der Waals surface area (Å²) in [6.07, 6.45) is 2.39. The highest BCUT2D eigenvalue weighted by Crippen LogP contribution is 2.19. The zero-order chi connectivity index (χ0) is 25.4. The van der Waals surface area contributed by atoms with Crippen LogP contribution in [0.1, 0.15) is 32.8 Å². The molecule has 4 atom stereocenters. The number of nitrogens with one attached hydrogen (secondary N) is 4. The summed E-state index contributed by atoms with van der Waals surface area (Å²) in [5.41, 5.74) is 7.70. The molecule has 4 unspecified atom stereocenters. The molecular formula is C23H33N5O5S. The first-order valence-electron chi connectivity index (χ1n) is 11.1. The second kappa shape index (κ2) is 12.4. The Morgan fingerprint density at radius 2 is 1.65 bits per heavy atom. The molecule has 0 aliphatic carbocycles. The Bertz CT molecular complexity index is 1020. The molecule has 0 saturated carbocycles. The van der Waals surface area contributed by atoms with Gasteiger partial charge in [-0.1, -0.05) is 32.0 Å². The van der Waals surface area contributed by atoms with E-state index in [1.807, 2.05) is 38.1 Å². The van der Waals surface area contributed by atoms with Gasteiger partial charge >= 0.3 is 5.97 Å². The lowest BCUT2D eigenvalue weighted by molar-refractivity contribution is -0.141. The van der Waals surface area contributed by atoms with Crippen LogP contribution in [-0.2, 0) is 25.6 Å². The number of aromatic amines is 1. The van der Waals surface area contributed by atoms with E-state index in [9.17, 15) is 19.2 Å². The molecule has 0 radical (unpaired) electrons. The number of carboxylic acid groups (broad SMARTS) is 1. The number of fused-ring (bicyclic) bond motifs is 1. The number of thiol groups is 1. The van der Waals surface area contributed by atoms with E-state index in [1.54, 1.807) is 6.20 Å². The quantitative estimate of drug-likeness (QED) is 0.214. The van der Waals surface area contributed by atoms with E-state index in [4.69, 9.17) is 10.8 Å². The number of aromatic nitrogens is 1. The Hall–Kier alpha value is -3.05. The third-order valence-electron chi connectivity index (χ3n) is 5.34. The van der Waals surface area contributed by atoms with Gasteiger partial charge in [-0.25, -0.2) is 4.79 Å². The minimum atomic E-state index is -1.23. The molecule has 0 aliphatic rings. The molecule has 11 heteroatoms. The van der Waals surface area contributed by atoms with Gasteiger partial charge in [0.1, 0.15) is 18.1 Å². The van der Waals surface area contributed by atoms with Crippen LogP contribution in [0.15, 0.2) is 30.5 Å². The zero-order valence-corrected chi connectivity index (χ0v) is 20.4. The van der Waals surface area contributed by atoms with Crippen molar-refractivity contribution in [2.75, 3.05) is 5.75 Å². The average Bonchev–Trinajstić information content (AvgIpc) is 3.18. The number of aliphatic carboxylic acids is 1. The van der Waals surface area contributed by atoms with Crippen LogP contribution in [0, 0.1) is 5.92 Å². The number of rotatable bonds is 12. The molecule has 1 aromatic heterocycles. The summed E-state index contributed by atoms with van der Waals surface area (Å²) in [4.78, 5) is 52.5. The predicted molar refractivity (Wildman–Crippen MR) is 132 cm³/mol. The van der Waals surface area contributed by atoms with Crippen molar-refractivity contribution in [1.82, 2.24) is 20.9 Å². The molecule has 0 saturated heterocycles. The SMILES string of the molecule is CC(C)CC(N)C(=O)NC(Cc1c[nH]c2ccccc12)C(=O)NC(C)C(=O)NC(CS)C(=O)O.